The third-order valence-electron chi connectivity index (χ3n) is 3.89. The molecule has 156 valence electrons. The first-order valence-electron chi connectivity index (χ1n) is 8.92. The number of sulfonamides is 1. The van der Waals surface area contributed by atoms with E-state index in [-0.39, 0.29) is 24.0 Å². The van der Waals surface area contributed by atoms with Gasteiger partial charge in [0.2, 0.25) is 10.0 Å². The van der Waals surface area contributed by atoms with E-state index in [1.807, 2.05) is 13.8 Å². The highest BCUT2D eigenvalue weighted by molar-refractivity contribution is 14.0. The molecule has 0 aliphatic carbocycles. The minimum absolute atomic E-state index is 0. The van der Waals surface area contributed by atoms with Crippen molar-refractivity contribution < 1.29 is 8.42 Å². The number of benzene rings is 1. The van der Waals surface area contributed by atoms with Crippen LogP contribution in [0.4, 0.5) is 0 Å². The Morgan fingerprint density at radius 3 is 2.52 bits per heavy atom. The molecule has 0 unspecified atom stereocenters. The number of aliphatic imine (C=N–C) groups is 1. The molecule has 0 spiro atoms. The SMILES string of the molecule is CCNC(=NCc1ccc(C)cc1SC)NCCCN(CC)S(C)(=O)=O.I. The normalized spacial score (nSPS) is 12.0. The van der Waals surface area contributed by atoms with Crippen molar-refractivity contribution in [3.05, 3.63) is 29.3 Å². The highest BCUT2D eigenvalue weighted by Gasteiger charge is 2.13. The molecule has 0 fully saturated rings. The average molecular weight is 529 g/mol. The van der Waals surface area contributed by atoms with Crippen LogP contribution in [0.3, 0.4) is 0 Å². The maximum atomic E-state index is 11.6. The third kappa shape index (κ3) is 10.00. The molecular weight excluding hydrogens is 495 g/mol. The van der Waals surface area contributed by atoms with Crippen LogP contribution < -0.4 is 10.6 Å². The number of nitrogens with zero attached hydrogens (tertiary/aromatic N) is 2. The van der Waals surface area contributed by atoms with Crippen LogP contribution >= 0.6 is 35.7 Å². The quantitative estimate of drug-likeness (QED) is 0.161. The summed E-state index contributed by atoms with van der Waals surface area (Å²) in [6.07, 6.45) is 4.05. The molecule has 1 aromatic carbocycles. The number of hydrogen-bond donors (Lipinski definition) is 2. The minimum Gasteiger partial charge on any atom is -0.357 e. The first-order chi connectivity index (χ1) is 12.3. The van der Waals surface area contributed by atoms with Gasteiger partial charge in [0.05, 0.1) is 12.8 Å². The largest absolute Gasteiger partial charge is 0.357 e. The van der Waals surface area contributed by atoms with Crippen molar-refractivity contribution in [2.24, 2.45) is 4.99 Å². The number of thioether (sulfide) groups is 1. The molecule has 0 heterocycles. The van der Waals surface area contributed by atoms with E-state index in [1.165, 1.54) is 26.6 Å². The Labute approximate surface area is 186 Å². The molecule has 0 atom stereocenters. The minimum atomic E-state index is -3.13. The number of hydrogen-bond acceptors (Lipinski definition) is 4. The van der Waals surface area contributed by atoms with Crippen molar-refractivity contribution in [2.45, 2.75) is 38.6 Å². The highest BCUT2D eigenvalue weighted by atomic mass is 127. The second-order valence-corrected chi connectivity index (χ2v) is 8.88. The van der Waals surface area contributed by atoms with Gasteiger partial charge in [0.15, 0.2) is 5.96 Å². The van der Waals surface area contributed by atoms with E-state index >= 15 is 0 Å². The van der Waals surface area contributed by atoms with Gasteiger partial charge in [-0.15, -0.1) is 35.7 Å². The van der Waals surface area contributed by atoms with Gasteiger partial charge in [0.25, 0.3) is 0 Å². The van der Waals surface area contributed by atoms with E-state index in [0.29, 0.717) is 26.2 Å². The molecular formula is C18H33IN4O2S2. The standard InChI is InChI=1S/C18H32N4O2S2.HI/c1-6-19-18(20-11-8-12-22(7-2)26(5,23)24)21-14-16-10-9-15(3)13-17(16)25-4;/h9-10,13H,6-8,11-12,14H2,1-5H3,(H2,19,20,21);1H. The lowest BCUT2D eigenvalue weighted by atomic mass is 10.1. The van der Waals surface area contributed by atoms with Crippen LogP contribution in [0.1, 0.15) is 31.4 Å². The molecule has 1 rings (SSSR count). The second kappa shape index (κ2) is 13.6. The van der Waals surface area contributed by atoms with E-state index in [9.17, 15) is 8.42 Å². The van der Waals surface area contributed by atoms with Crippen LogP contribution in [0.5, 0.6) is 0 Å². The number of aryl methyl sites for hydroxylation is 1. The predicted molar refractivity (Wildman–Crippen MR) is 128 cm³/mol. The smallest absolute Gasteiger partial charge is 0.211 e. The van der Waals surface area contributed by atoms with Crippen molar-refractivity contribution in [1.29, 1.82) is 0 Å². The summed E-state index contributed by atoms with van der Waals surface area (Å²) < 4.78 is 24.7. The summed E-state index contributed by atoms with van der Waals surface area (Å²) in [5, 5.41) is 6.52. The molecule has 0 aromatic heterocycles. The number of guanidine groups is 1. The van der Waals surface area contributed by atoms with Crippen LogP contribution in [-0.2, 0) is 16.6 Å². The summed E-state index contributed by atoms with van der Waals surface area (Å²) in [4.78, 5) is 5.90. The van der Waals surface area contributed by atoms with Crippen LogP contribution in [0.2, 0.25) is 0 Å². The van der Waals surface area contributed by atoms with Gasteiger partial charge in [-0.2, -0.15) is 0 Å². The third-order valence-corrected chi connectivity index (χ3v) is 6.09. The number of halogens is 1. The lowest BCUT2D eigenvalue weighted by Crippen LogP contribution is -2.39. The van der Waals surface area contributed by atoms with Gasteiger partial charge in [-0.05, 0) is 43.7 Å². The molecule has 0 radical (unpaired) electrons. The highest BCUT2D eigenvalue weighted by Crippen LogP contribution is 2.22. The Morgan fingerprint density at radius 1 is 1.26 bits per heavy atom. The molecule has 27 heavy (non-hydrogen) atoms. The lowest BCUT2D eigenvalue weighted by Gasteiger charge is -2.18. The van der Waals surface area contributed by atoms with E-state index in [0.717, 1.165) is 18.9 Å². The first kappa shape index (κ1) is 26.5. The van der Waals surface area contributed by atoms with Crippen LogP contribution in [0.25, 0.3) is 0 Å². The fourth-order valence-corrected chi connectivity index (χ4v) is 4.14. The van der Waals surface area contributed by atoms with Gasteiger partial charge in [0, 0.05) is 31.1 Å². The lowest BCUT2D eigenvalue weighted by molar-refractivity contribution is 0.424. The van der Waals surface area contributed by atoms with Gasteiger partial charge in [-0.1, -0.05) is 19.1 Å². The van der Waals surface area contributed by atoms with E-state index in [4.69, 9.17) is 0 Å². The van der Waals surface area contributed by atoms with Crippen molar-refractivity contribution in [1.82, 2.24) is 14.9 Å². The number of rotatable bonds is 10. The van der Waals surface area contributed by atoms with Crippen LogP contribution in [-0.4, -0.2) is 57.4 Å². The van der Waals surface area contributed by atoms with Gasteiger partial charge in [0.1, 0.15) is 0 Å². The average Bonchev–Trinajstić information content (AvgIpc) is 2.58. The summed E-state index contributed by atoms with van der Waals surface area (Å²) >= 11 is 1.73. The molecule has 0 aliphatic rings. The van der Waals surface area contributed by atoms with Gasteiger partial charge in [-0.25, -0.2) is 17.7 Å². The van der Waals surface area contributed by atoms with Crippen molar-refractivity contribution in [3.63, 3.8) is 0 Å². The molecule has 0 amide bonds. The van der Waals surface area contributed by atoms with Crippen molar-refractivity contribution in [3.8, 4) is 0 Å². The summed E-state index contributed by atoms with van der Waals surface area (Å²) in [7, 11) is -3.13. The molecule has 9 heteroatoms. The fraction of sp³-hybridized carbons (Fsp3) is 0.611. The maximum absolute atomic E-state index is 11.6. The van der Waals surface area contributed by atoms with E-state index in [1.54, 1.807) is 11.8 Å². The molecule has 0 saturated carbocycles. The first-order valence-corrected chi connectivity index (χ1v) is 12.0. The predicted octanol–water partition coefficient (Wildman–Crippen LogP) is 3.06. The summed E-state index contributed by atoms with van der Waals surface area (Å²) in [6, 6.07) is 6.41. The molecule has 0 aliphatic heterocycles. The topological polar surface area (TPSA) is 73.8 Å². The summed E-state index contributed by atoms with van der Waals surface area (Å²) in [5.74, 6) is 0.752. The van der Waals surface area contributed by atoms with Gasteiger partial charge < -0.3 is 10.6 Å². The summed E-state index contributed by atoms with van der Waals surface area (Å²) in [5.41, 5.74) is 2.45. The van der Waals surface area contributed by atoms with Crippen molar-refractivity contribution >= 4 is 51.7 Å². The zero-order valence-electron chi connectivity index (χ0n) is 16.9. The molecule has 1 aromatic rings. The Bertz CT molecular complexity index is 697. The van der Waals surface area contributed by atoms with Crippen LogP contribution in [0.15, 0.2) is 28.1 Å². The Morgan fingerprint density at radius 2 is 1.96 bits per heavy atom. The molecule has 2 N–H and O–H groups in total. The molecule has 6 nitrogen and oxygen atoms in total. The zero-order chi connectivity index (χ0) is 19.6. The van der Waals surface area contributed by atoms with Crippen LogP contribution in [0, 0.1) is 6.92 Å². The monoisotopic (exact) mass is 528 g/mol. The zero-order valence-corrected chi connectivity index (χ0v) is 20.9. The molecule has 0 saturated heterocycles. The second-order valence-electron chi connectivity index (χ2n) is 6.05. The van der Waals surface area contributed by atoms with Gasteiger partial charge in [-0.3, -0.25) is 0 Å². The fourth-order valence-electron chi connectivity index (χ4n) is 2.51. The van der Waals surface area contributed by atoms with E-state index < -0.39 is 10.0 Å². The van der Waals surface area contributed by atoms with Gasteiger partial charge >= 0.3 is 0 Å². The Kier molecular flexibility index (Phi) is 13.4. The van der Waals surface area contributed by atoms with Crippen molar-refractivity contribution in [2.75, 3.05) is 38.7 Å². The Hall–Kier alpha value is -0.520. The summed E-state index contributed by atoms with van der Waals surface area (Å²) in [6.45, 7) is 9.03. The Balaban J connectivity index is 0.00000676. The number of nitrogens with one attached hydrogen (secondary N) is 2. The maximum Gasteiger partial charge on any atom is 0.211 e. The van der Waals surface area contributed by atoms with E-state index in [2.05, 4.69) is 47.0 Å². The molecule has 0 bridgehead atoms.